The molecular formula is C16H20ClN5O. The van der Waals surface area contributed by atoms with Gasteiger partial charge < -0.3 is 10.6 Å². The summed E-state index contributed by atoms with van der Waals surface area (Å²) in [6.07, 6.45) is 5.23. The summed E-state index contributed by atoms with van der Waals surface area (Å²) in [7, 11) is 0. The first-order valence-corrected chi connectivity index (χ1v) is 8.17. The van der Waals surface area contributed by atoms with E-state index in [2.05, 4.69) is 17.1 Å². The minimum atomic E-state index is -0.0678. The van der Waals surface area contributed by atoms with E-state index in [4.69, 9.17) is 17.3 Å². The predicted octanol–water partition coefficient (Wildman–Crippen LogP) is 2.12. The molecule has 1 fully saturated rings. The number of hydrogen-bond donors (Lipinski definition) is 1. The molecule has 2 aromatic rings. The Labute approximate surface area is 140 Å². The van der Waals surface area contributed by atoms with Crippen LogP contribution in [0.25, 0.3) is 5.69 Å². The maximum atomic E-state index is 13.1. The number of carbonyl (C=O) groups excluding carboxylic acids is 1. The fourth-order valence-corrected chi connectivity index (χ4v) is 3.38. The number of nitrogens with zero attached hydrogens (tertiary/aromatic N) is 4. The lowest BCUT2D eigenvalue weighted by molar-refractivity contribution is 0.0532. The normalized spacial score (nSPS) is 21.4. The van der Waals surface area contributed by atoms with Gasteiger partial charge in [-0.05, 0) is 37.0 Å². The number of nitrogens with two attached hydrogens (primary N) is 1. The Bertz CT molecular complexity index is 688. The molecule has 1 saturated heterocycles. The fraction of sp³-hybridized carbons (Fsp3) is 0.438. The first-order valence-electron chi connectivity index (χ1n) is 7.79. The summed E-state index contributed by atoms with van der Waals surface area (Å²) < 4.78 is 0. The molecule has 6 nitrogen and oxygen atoms in total. The van der Waals surface area contributed by atoms with Crippen LogP contribution >= 0.6 is 11.6 Å². The Hall–Kier alpha value is -1.92. The van der Waals surface area contributed by atoms with Crippen molar-refractivity contribution >= 4 is 17.5 Å². The van der Waals surface area contributed by atoms with Crippen LogP contribution in [0, 0.1) is 5.92 Å². The average Bonchev–Trinajstić information content (AvgIpc) is 3.08. The summed E-state index contributed by atoms with van der Waals surface area (Å²) in [5, 5.41) is 8.76. The second-order valence-corrected chi connectivity index (χ2v) is 6.34. The van der Waals surface area contributed by atoms with Gasteiger partial charge in [0.1, 0.15) is 0 Å². The summed E-state index contributed by atoms with van der Waals surface area (Å²) in [6.45, 7) is 3.32. The van der Waals surface area contributed by atoms with E-state index in [1.807, 2.05) is 4.90 Å². The van der Waals surface area contributed by atoms with E-state index < -0.39 is 0 Å². The highest BCUT2D eigenvalue weighted by atomic mass is 35.5. The van der Waals surface area contributed by atoms with E-state index in [1.54, 1.807) is 30.6 Å². The molecular weight excluding hydrogens is 314 g/mol. The van der Waals surface area contributed by atoms with Crippen LogP contribution in [0.4, 0.5) is 0 Å². The van der Waals surface area contributed by atoms with Gasteiger partial charge in [-0.25, -0.2) is 0 Å². The van der Waals surface area contributed by atoms with Gasteiger partial charge in [0.25, 0.3) is 5.91 Å². The van der Waals surface area contributed by atoms with Crippen molar-refractivity contribution in [1.82, 2.24) is 19.9 Å². The third-order valence-electron chi connectivity index (χ3n) is 4.44. The van der Waals surface area contributed by atoms with E-state index in [0.717, 1.165) is 12.8 Å². The van der Waals surface area contributed by atoms with Crippen LogP contribution in [-0.2, 0) is 0 Å². The second-order valence-electron chi connectivity index (χ2n) is 5.90. The molecule has 7 heteroatoms. The van der Waals surface area contributed by atoms with Crippen LogP contribution in [0.15, 0.2) is 30.6 Å². The molecule has 0 spiro atoms. The molecule has 0 saturated carbocycles. The highest BCUT2D eigenvalue weighted by Gasteiger charge is 2.32. The molecule has 2 heterocycles. The zero-order valence-corrected chi connectivity index (χ0v) is 13.8. The fourth-order valence-electron chi connectivity index (χ4n) is 3.21. The molecule has 2 atom stereocenters. The van der Waals surface area contributed by atoms with Gasteiger partial charge >= 0.3 is 0 Å². The van der Waals surface area contributed by atoms with E-state index >= 15 is 0 Å². The van der Waals surface area contributed by atoms with Crippen molar-refractivity contribution in [3.8, 4) is 5.69 Å². The van der Waals surface area contributed by atoms with Crippen molar-refractivity contribution < 1.29 is 4.79 Å². The van der Waals surface area contributed by atoms with Crippen LogP contribution < -0.4 is 5.73 Å². The quantitative estimate of drug-likeness (QED) is 0.933. The molecule has 2 N–H and O–H groups in total. The number of rotatable bonds is 3. The van der Waals surface area contributed by atoms with Crippen LogP contribution in [0.5, 0.6) is 0 Å². The summed E-state index contributed by atoms with van der Waals surface area (Å²) in [5.74, 6) is 0.324. The first kappa shape index (κ1) is 16.0. The molecule has 1 aliphatic rings. The van der Waals surface area contributed by atoms with Crippen molar-refractivity contribution in [2.75, 3.05) is 13.1 Å². The Morgan fingerprint density at radius 3 is 2.83 bits per heavy atom. The van der Waals surface area contributed by atoms with Crippen molar-refractivity contribution in [1.29, 1.82) is 0 Å². The largest absolute Gasteiger partial charge is 0.334 e. The molecule has 1 amide bonds. The van der Waals surface area contributed by atoms with Gasteiger partial charge in [-0.3, -0.25) is 4.79 Å². The number of halogens is 1. The number of benzene rings is 1. The highest BCUT2D eigenvalue weighted by Crippen LogP contribution is 2.27. The lowest BCUT2D eigenvalue weighted by Gasteiger charge is -2.39. The topological polar surface area (TPSA) is 77.0 Å². The van der Waals surface area contributed by atoms with Gasteiger partial charge in [-0.15, -0.1) is 0 Å². The molecule has 1 aromatic heterocycles. The predicted molar refractivity (Wildman–Crippen MR) is 88.6 cm³/mol. The monoisotopic (exact) mass is 333 g/mol. The van der Waals surface area contributed by atoms with Gasteiger partial charge in [0, 0.05) is 24.2 Å². The van der Waals surface area contributed by atoms with Crippen LogP contribution in [0.2, 0.25) is 5.02 Å². The SMILES string of the molecule is CC1CCCN(C(=O)c2cc(Cl)ccc2-n2nccn2)C1CN. The van der Waals surface area contributed by atoms with Crippen molar-refractivity contribution in [2.45, 2.75) is 25.8 Å². The van der Waals surface area contributed by atoms with E-state index in [0.29, 0.717) is 35.3 Å². The number of carbonyl (C=O) groups is 1. The first-order chi connectivity index (χ1) is 11.1. The van der Waals surface area contributed by atoms with Gasteiger partial charge in [0.05, 0.1) is 23.6 Å². The third-order valence-corrected chi connectivity index (χ3v) is 4.68. The summed E-state index contributed by atoms with van der Waals surface area (Å²) in [6, 6.07) is 5.22. The second kappa shape index (κ2) is 6.68. The standard InChI is InChI=1S/C16H20ClN5O/c1-11-3-2-8-21(15(11)10-18)16(23)13-9-12(17)4-5-14(13)22-19-6-7-20-22/h4-7,9,11,15H,2-3,8,10,18H2,1H3. The lowest BCUT2D eigenvalue weighted by atomic mass is 9.90. The van der Waals surface area contributed by atoms with E-state index in [-0.39, 0.29) is 11.9 Å². The molecule has 0 aliphatic carbocycles. The average molecular weight is 334 g/mol. The molecule has 1 aliphatic heterocycles. The summed E-state index contributed by atoms with van der Waals surface area (Å²) in [4.78, 5) is 16.4. The molecule has 1 aromatic carbocycles. The third kappa shape index (κ3) is 3.09. The van der Waals surface area contributed by atoms with Gasteiger partial charge in [0.2, 0.25) is 0 Å². The molecule has 2 unspecified atom stereocenters. The van der Waals surface area contributed by atoms with Crippen LogP contribution in [-0.4, -0.2) is 44.9 Å². The maximum absolute atomic E-state index is 13.1. The van der Waals surface area contributed by atoms with Crippen LogP contribution in [0.3, 0.4) is 0 Å². The Morgan fingerprint density at radius 1 is 1.39 bits per heavy atom. The number of amides is 1. The van der Waals surface area contributed by atoms with Crippen molar-refractivity contribution in [3.05, 3.63) is 41.2 Å². The number of likely N-dealkylation sites (tertiary alicyclic amines) is 1. The van der Waals surface area contributed by atoms with Gasteiger partial charge in [-0.2, -0.15) is 15.0 Å². The van der Waals surface area contributed by atoms with Gasteiger partial charge in [-0.1, -0.05) is 18.5 Å². The highest BCUT2D eigenvalue weighted by molar-refractivity contribution is 6.31. The number of piperidine rings is 1. The maximum Gasteiger partial charge on any atom is 0.256 e. The minimum absolute atomic E-state index is 0.0497. The van der Waals surface area contributed by atoms with Crippen molar-refractivity contribution in [2.24, 2.45) is 11.7 Å². The number of hydrogen-bond acceptors (Lipinski definition) is 4. The smallest absolute Gasteiger partial charge is 0.256 e. The zero-order chi connectivity index (χ0) is 16.4. The molecule has 0 bridgehead atoms. The molecule has 23 heavy (non-hydrogen) atoms. The Morgan fingerprint density at radius 2 is 2.13 bits per heavy atom. The van der Waals surface area contributed by atoms with E-state index in [9.17, 15) is 4.79 Å². The summed E-state index contributed by atoms with van der Waals surface area (Å²) in [5.41, 5.74) is 7.04. The molecule has 0 radical (unpaired) electrons. The summed E-state index contributed by atoms with van der Waals surface area (Å²) >= 11 is 6.11. The Kier molecular flexibility index (Phi) is 4.63. The zero-order valence-electron chi connectivity index (χ0n) is 13.0. The van der Waals surface area contributed by atoms with Gasteiger partial charge in [0.15, 0.2) is 0 Å². The lowest BCUT2D eigenvalue weighted by Crippen LogP contribution is -2.51. The molecule has 3 rings (SSSR count). The minimum Gasteiger partial charge on any atom is -0.334 e. The Balaban J connectivity index is 2.00. The number of aromatic nitrogens is 3. The van der Waals surface area contributed by atoms with Crippen molar-refractivity contribution in [3.63, 3.8) is 0 Å². The van der Waals surface area contributed by atoms with Crippen LogP contribution in [0.1, 0.15) is 30.1 Å². The molecule has 122 valence electrons. The van der Waals surface area contributed by atoms with E-state index in [1.165, 1.54) is 4.80 Å².